The van der Waals surface area contributed by atoms with E-state index in [1.807, 2.05) is 4.90 Å². The van der Waals surface area contributed by atoms with E-state index in [1.165, 1.54) is 74.6 Å². The number of ether oxygens (including phenoxy) is 1. The van der Waals surface area contributed by atoms with Crippen LogP contribution in [0.15, 0.2) is 400 Å². The minimum absolute atomic E-state index is 0. The number of nitrogen functional groups attached to an aromatic ring is 2. The molecule has 2 aromatic heterocycles. The van der Waals surface area contributed by atoms with Gasteiger partial charge < -0.3 is 63.2 Å². The molecule has 9 N–H and O–H groups in total. The first-order chi connectivity index (χ1) is 66.6. The van der Waals surface area contributed by atoms with Crippen LogP contribution in [-0.2, 0) is 34.8 Å². The fourth-order valence-corrected chi connectivity index (χ4v) is 24.2. The third-order valence-corrected chi connectivity index (χ3v) is 32.1. The van der Waals surface area contributed by atoms with Crippen molar-refractivity contribution >= 4 is 202 Å². The Balaban J connectivity index is 0.000000292. The van der Waals surface area contributed by atoms with Crippen molar-refractivity contribution in [2.24, 2.45) is 0 Å². The summed E-state index contributed by atoms with van der Waals surface area (Å²) in [5.74, 6) is 1.07. The molecule has 2 aliphatic rings. The number of nitrogens with one attached hydrogen (secondary N) is 1. The molecule has 14 aromatic carbocycles. The number of hydrogen-bond acceptors (Lipinski definition) is 20. The van der Waals surface area contributed by atoms with Crippen LogP contribution < -0.4 is 239 Å². The zero-order chi connectivity index (χ0) is 97.1. The first-order valence-electron chi connectivity index (χ1n) is 43.5. The quantitative estimate of drug-likeness (QED) is 0.0130. The van der Waals surface area contributed by atoms with E-state index in [0.717, 1.165) is 13.1 Å². The van der Waals surface area contributed by atoms with Crippen LogP contribution in [0.25, 0.3) is 11.3 Å². The van der Waals surface area contributed by atoms with Gasteiger partial charge in [-0.1, -0.05) is 461 Å². The van der Waals surface area contributed by atoms with Crippen LogP contribution in [0.2, 0.25) is 25.2 Å². The molecular weight excluding hydrogens is 2290 g/mol. The number of carbonyl (C=O) groups is 2. The van der Waals surface area contributed by atoms with E-state index in [9.17, 15) is 15.0 Å². The maximum atomic E-state index is 12.2. The van der Waals surface area contributed by atoms with Gasteiger partial charge in [0.1, 0.15) is 11.3 Å². The molecule has 0 bridgehead atoms. The van der Waals surface area contributed by atoms with Crippen molar-refractivity contribution in [1.82, 2.24) is 40.6 Å². The van der Waals surface area contributed by atoms with Crippen LogP contribution in [0.3, 0.4) is 0 Å². The number of nitrogens with two attached hydrogens (primary N) is 2. The van der Waals surface area contributed by atoms with Crippen LogP contribution in [0.4, 0.5) is 28.3 Å². The van der Waals surface area contributed by atoms with Gasteiger partial charge >= 0.3 is 151 Å². The molecule has 16 aromatic rings. The van der Waals surface area contributed by atoms with Crippen molar-refractivity contribution in [3.63, 3.8) is 0 Å². The molecule has 2 fully saturated rings. The molecule has 4 heterocycles. The van der Waals surface area contributed by atoms with Crippen molar-refractivity contribution in [2.45, 2.75) is 53.3 Å². The summed E-state index contributed by atoms with van der Waals surface area (Å²) in [7, 11) is -3.35. The second kappa shape index (κ2) is 66.9. The molecule has 728 valence electrons. The summed E-state index contributed by atoms with van der Waals surface area (Å²) >= 11 is 29.2. The Morgan fingerprint density at radius 3 is 0.986 bits per heavy atom. The molecule has 0 spiro atoms. The first-order valence-corrected chi connectivity index (χ1v) is 50.8. The zero-order valence-corrected chi connectivity index (χ0v) is 99.0. The molecule has 0 aliphatic carbocycles. The summed E-state index contributed by atoms with van der Waals surface area (Å²) < 4.78 is 5.36. The fraction of sp³-hybridized carbons (Fsp3) is 0.148. The van der Waals surface area contributed by atoms with Gasteiger partial charge in [-0.25, -0.2) is 4.79 Å². The van der Waals surface area contributed by atoms with E-state index >= 15 is 0 Å². The molecule has 0 saturated carbocycles. The normalized spacial score (nSPS) is 12.6. The number of aromatic nitrogens is 6. The summed E-state index contributed by atoms with van der Waals surface area (Å²) in [4.78, 5) is 37.1. The number of carbonyl (C=O) groups excluding carboxylic acids is 2. The number of aliphatic hydroxyl groups is 2. The zero-order valence-electron chi connectivity index (χ0n) is 78.6. The van der Waals surface area contributed by atoms with Crippen LogP contribution in [0.1, 0.15) is 37.1 Å². The second-order valence-corrected chi connectivity index (χ2v) is 41.9. The molecule has 2 aliphatic heterocycles. The summed E-state index contributed by atoms with van der Waals surface area (Å²) in [6, 6.07) is 139. The maximum Gasteiger partial charge on any atom is 1.00 e. The van der Waals surface area contributed by atoms with Gasteiger partial charge in [0, 0.05) is 76.8 Å². The van der Waals surface area contributed by atoms with Crippen LogP contribution in [0, 0.1) is 0 Å². The molecule has 2 atom stereocenters. The Morgan fingerprint density at radius 1 is 0.430 bits per heavy atom. The van der Waals surface area contributed by atoms with E-state index in [1.54, 1.807) is 56.0 Å². The Labute approximate surface area is 996 Å². The number of anilines is 4. The van der Waals surface area contributed by atoms with Crippen molar-refractivity contribution in [3.8, 4) is 11.3 Å². The number of nitrogens with zero attached hydrogens (tertiary/aromatic N) is 9. The number of amides is 1. The number of rotatable bonds is 19. The SMILES string of the molecule is C.C.CC(C)(C)OC(=O)N1CCN(c2nnc(Cl)c(N)n2)C[C@@H]1CO.Nc1nc(N2CCN[C@@H](CO)C2)nnc1-c1cccc(Cl)c1Cl.O=CO[O-].OB(O)c1cccc(Cl)c1Cl.[Cs+].[Cs+].[H-].[Pd].c1ccc(P(c2ccccc2)c2ccccc2)cc1.c1ccc(P(c2ccccc2)c2ccccc2)cc1.c1ccc(P(c2ccccc2)c2ccccc2)cc1.c1ccc(P(c2ccccc2)c2ccccc2)cc1. The third-order valence-electron chi connectivity index (χ3n) is 20.4. The maximum absolute atomic E-state index is 12.2. The molecule has 142 heavy (non-hydrogen) atoms. The minimum Gasteiger partial charge on any atom is -1.00 e. The Bertz CT molecular complexity index is 5430. The average Bonchev–Trinajstić information content (AvgIpc) is 0.806. The number of piperazine rings is 2. The first kappa shape index (κ1) is 123. The van der Waals surface area contributed by atoms with Crippen molar-refractivity contribution in [3.05, 3.63) is 426 Å². The van der Waals surface area contributed by atoms with E-state index in [2.05, 4.69) is 405 Å². The summed E-state index contributed by atoms with van der Waals surface area (Å²) in [5, 5.41) is 82.0. The summed E-state index contributed by atoms with van der Waals surface area (Å²) in [6.45, 7) is 8.28. The van der Waals surface area contributed by atoms with Crippen molar-refractivity contribution < 1.29 is 204 Å². The molecule has 1 amide bonds. The number of benzene rings is 14. The molecule has 21 nitrogen and oxygen atoms in total. The van der Waals surface area contributed by atoms with E-state index in [-0.39, 0.29) is 227 Å². The van der Waals surface area contributed by atoms with E-state index in [0.29, 0.717) is 64.4 Å². The molecule has 0 unspecified atom stereocenters. The van der Waals surface area contributed by atoms with Gasteiger partial charge in [0.05, 0.1) is 39.3 Å². The summed E-state index contributed by atoms with van der Waals surface area (Å²) in [5.41, 5.74) is 12.3. The van der Waals surface area contributed by atoms with Gasteiger partial charge in [-0.3, -0.25) is 9.69 Å². The second-order valence-electron chi connectivity index (χ2n) is 31.0. The topological polar surface area (TPSA) is 308 Å². The molecule has 0 radical (unpaired) electrons. The van der Waals surface area contributed by atoms with Gasteiger partial charge in [0.15, 0.2) is 16.8 Å². The van der Waals surface area contributed by atoms with Gasteiger partial charge in [0.25, 0.3) is 6.47 Å². The number of halogens is 5. The van der Waals surface area contributed by atoms with Gasteiger partial charge in [-0.2, -0.15) is 9.97 Å². The largest absolute Gasteiger partial charge is 1.00 e. The smallest absolute Gasteiger partial charge is 1.00 e. The molecule has 2 saturated heterocycles. The Morgan fingerprint density at radius 2 is 0.718 bits per heavy atom. The predicted molar refractivity (Wildman–Crippen MR) is 585 cm³/mol. The van der Waals surface area contributed by atoms with Crippen LogP contribution >= 0.6 is 89.7 Å². The number of hydrogen-bond donors (Lipinski definition) is 7. The standard InChI is InChI=1S/4C18H15P.C14H16Cl2N6O.C13H21ClN6O3.C6H5BCl2O2.CH2O3.2CH4.2Cs.Pd.H/c4*1-4-10-16(11-5-1)19(17-12-6-2-7-13-17)18-14-8-3-9-15-18;15-10-3-1-2-9(11(10)16)12-13(17)19-14(21-20-12)22-5-4-18-8(6-22)7-23;1-13(2,3)23-12(22)20-5-4-19(6-8(20)7-21)11-16-10(15)9(14)17-18-11;8-5-3-1-2-4(6(5)9)7(10)11;2-1-4-3;;;;;;/h4*1-15H;1-3,8,18,23H,4-7H2,(H2,17,19,21);8,21H,4-7H2,1-3H3,(H2,15,16,18);1-3,10-11H;1,3H;2*1H4;;;;/q;;;;;;;;;;2*+1;;-1/p-1/t;;;;2*8-;;;;;;;;/m....11......../s1. The molecule has 34 heteroatoms. The Kier molecular flexibility index (Phi) is 58.2. The van der Waals surface area contributed by atoms with Crippen LogP contribution in [-0.4, -0.2) is 145 Å². The van der Waals surface area contributed by atoms with Crippen molar-refractivity contribution in [2.75, 3.05) is 73.7 Å². The predicted octanol–water partition coefficient (Wildman–Crippen LogP) is 10.0. The van der Waals surface area contributed by atoms with Crippen LogP contribution in [0.5, 0.6) is 0 Å². The minimum atomic E-state index is -1.57. The van der Waals surface area contributed by atoms with Crippen molar-refractivity contribution in [1.29, 1.82) is 0 Å². The fourth-order valence-electron chi connectivity index (χ4n) is 14.1. The molecule has 18 rings (SSSR count). The average molecular weight is 2410 g/mol. The summed E-state index contributed by atoms with van der Waals surface area (Å²) in [6.07, 6.45) is -0.453. The number of aliphatic hydroxyl groups excluding tert-OH is 2. The van der Waals surface area contributed by atoms with Gasteiger partial charge in [-0.05, 0) is 128 Å². The third kappa shape index (κ3) is 38.8. The van der Waals surface area contributed by atoms with E-state index < -0.39 is 56.5 Å². The monoisotopic (exact) mass is 2400 g/mol. The van der Waals surface area contributed by atoms with E-state index in [4.69, 9.17) is 94.3 Å². The van der Waals surface area contributed by atoms with Gasteiger partial charge in [-0.15, -0.1) is 20.4 Å². The molecular formula is C108H112BCl5Cs2N12O9P4Pd. The Hall–Kier alpha value is -7.20. The van der Waals surface area contributed by atoms with Gasteiger partial charge in [0.2, 0.25) is 11.9 Å².